The molecule has 1 amide bonds. The van der Waals surface area contributed by atoms with E-state index >= 15 is 0 Å². The summed E-state index contributed by atoms with van der Waals surface area (Å²) in [5.41, 5.74) is 1.74. The summed E-state index contributed by atoms with van der Waals surface area (Å²) in [5, 5.41) is 6.50. The molecule has 0 aliphatic rings. The van der Waals surface area contributed by atoms with Crippen molar-refractivity contribution in [3.8, 4) is 0 Å². The maximum Gasteiger partial charge on any atom is 0.274 e. The molecule has 0 fully saturated rings. The third kappa shape index (κ3) is 4.47. The van der Waals surface area contributed by atoms with Gasteiger partial charge in [-0.25, -0.2) is 4.39 Å². The van der Waals surface area contributed by atoms with Crippen molar-refractivity contribution < 1.29 is 9.18 Å². The van der Waals surface area contributed by atoms with E-state index in [1.54, 1.807) is 42.5 Å². The molecule has 25 heavy (non-hydrogen) atoms. The molecule has 4 nitrogen and oxygen atoms in total. The zero-order chi connectivity index (χ0) is 17.8. The SMILES string of the molecule is O=C(Nc1cc(Cl)ccc1Cl)c1cc(Nc2cccc(F)c2)ccn1. The topological polar surface area (TPSA) is 54.0 Å². The van der Waals surface area contributed by atoms with Crippen LogP contribution in [0.2, 0.25) is 10.0 Å². The second-order valence-electron chi connectivity index (χ2n) is 5.14. The fourth-order valence-electron chi connectivity index (χ4n) is 2.15. The molecule has 126 valence electrons. The molecular weight excluding hydrogens is 364 g/mol. The second kappa shape index (κ2) is 7.51. The van der Waals surface area contributed by atoms with Gasteiger partial charge in [-0.1, -0.05) is 29.3 Å². The van der Waals surface area contributed by atoms with Gasteiger partial charge in [0.1, 0.15) is 11.5 Å². The summed E-state index contributed by atoms with van der Waals surface area (Å²) >= 11 is 11.9. The first kappa shape index (κ1) is 17.2. The Labute approximate surface area is 153 Å². The molecule has 0 bridgehead atoms. The molecule has 0 saturated carbocycles. The van der Waals surface area contributed by atoms with Crippen LogP contribution in [0.25, 0.3) is 0 Å². The summed E-state index contributed by atoms with van der Waals surface area (Å²) < 4.78 is 13.3. The molecule has 0 aliphatic carbocycles. The number of aromatic nitrogens is 1. The van der Waals surface area contributed by atoms with E-state index in [9.17, 15) is 9.18 Å². The largest absolute Gasteiger partial charge is 0.355 e. The van der Waals surface area contributed by atoms with E-state index in [0.717, 1.165) is 0 Å². The second-order valence-corrected chi connectivity index (χ2v) is 5.99. The highest BCUT2D eigenvalue weighted by Gasteiger charge is 2.11. The number of halogens is 3. The van der Waals surface area contributed by atoms with Crippen LogP contribution >= 0.6 is 23.2 Å². The number of carbonyl (C=O) groups is 1. The van der Waals surface area contributed by atoms with Gasteiger partial charge in [-0.3, -0.25) is 9.78 Å². The number of nitrogens with zero attached hydrogens (tertiary/aromatic N) is 1. The Kier molecular flexibility index (Phi) is 5.16. The van der Waals surface area contributed by atoms with E-state index in [4.69, 9.17) is 23.2 Å². The number of pyridine rings is 1. The van der Waals surface area contributed by atoms with Crippen LogP contribution in [0, 0.1) is 5.82 Å². The minimum absolute atomic E-state index is 0.178. The zero-order valence-corrected chi connectivity index (χ0v) is 14.3. The van der Waals surface area contributed by atoms with Gasteiger partial charge in [-0.05, 0) is 48.5 Å². The predicted molar refractivity (Wildman–Crippen MR) is 98.3 cm³/mol. The molecular formula is C18H12Cl2FN3O. The smallest absolute Gasteiger partial charge is 0.274 e. The highest BCUT2D eigenvalue weighted by Crippen LogP contribution is 2.26. The average molecular weight is 376 g/mol. The van der Waals surface area contributed by atoms with Crippen molar-refractivity contribution in [1.82, 2.24) is 4.98 Å². The number of carbonyl (C=O) groups excluding carboxylic acids is 1. The Bertz CT molecular complexity index is 934. The summed E-state index contributed by atoms with van der Waals surface area (Å²) in [7, 11) is 0. The number of amides is 1. The van der Waals surface area contributed by atoms with Crippen molar-refractivity contribution in [2.24, 2.45) is 0 Å². The first-order chi connectivity index (χ1) is 12.0. The Hall–Kier alpha value is -2.63. The maximum atomic E-state index is 13.3. The molecule has 7 heteroatoms. The lowest BCUT2D eigenvalue weighted by Crippen LogP contribution is -2.14. The fourth-order valence-corrected chi connectivity index (χ4v) is 2.48. The highest BCUT2D eigenvalue weighted by atomic mass is 35.5. The number of hydrogen-bond acceptors (Lipinski definition) is 3. The Morgan fingerprint density at radius 2 is 1.80 bits per heavy atom. The molecule has 3 aromatic rings. The number of anilines is 3. The van der Waals surface area contributed by atoms with Gasteiger partial charge in [0.15, 0.2) is 0 Å². The van der Waals surface area contributed by atoms with Gasteiger partial charge >= 0.3 is 0 Å². The number of hydrogen-bond donors (Lipinski definition) is 2. The van der Waals surface area contributed by atoms with Crippen LogP contribution in [0.4, 0.5) is 21.5 Å². The monoisotopic (exact) mass is 375 g/mol. The Morgan fingerprint density at radius 1 is 1.00 bits per heavy atom. The molecule has 3 rings (SSSR count). The maximum absolute atomic E-state index is 13.3. The normalized spacial score (nSPS) is 10.4. The summed E-state index contributed by atoms with van der Waals surface area (Å²) in [4.78, 5) is 16.4. The van der Waals surface area contributed by atoms with Crippen molar-refractivity contribution in [3.63, 3.8) is 0 Å². The van der Waals surface area contributed by atoms with Crippen LogP contribution < -0.4 is 10.6 Å². The summed E-state index contributed by atoms with van der Waals surface area (Å²) in [6.07, 6.45) is 1.48. The fraction of sp³-hybridized carbons (Fsp3) is 0. The van der Waals surface area contributed by atoms with Gasteiger partial charge in [0.2, 0.25) is 0 Å². The van der Waals surface area contributed by atoms with E-state index in [2.05, 4.69) is 15.6 Å². The molecule has 1 heterocycles. The first-order valence-electron chi connectivity index (χ1n) is 7.26. The predicted octanol–water partition coefficient (Wildman–Crippen LogP) is 5.52. The lowest BCUT2D eigenvalue weighted by molar-refractivity contribution is 0.102. The van der Waals surface area contributed by atoms with E-state index in [1.165, 1.54) is 18.3 Å². The van der Waals surface area contributed by atoms with Crippen LogP contribution in [0.1, 0.15) is 10.5 Å². The number of benzene rings is 2. The highest BCUT2D eigenvalue weighted by molar-refractivity contribution is 6.35. The van der Waals surface area contributed by atoms with E-state index in [0.29, 0.717) is 27.1 Å². The standard InChI is InChI=1S/C18H12Cl2FN3O/c19-11-4-5-15(20)16(8-11)24-18(25)17-10-14(6-7-22-17)23-13-3-1-2-12(21)9-13/h1-10H,(H,22,23)(H,24,25). The summed E-state index contributed by atoms with van der Waals surface area (Å²) in [6.45, 7) is 0. The van der Waals surface area contributed by atoms with Crippen molar-refractivity contribution in [2.75, 3.05) is 10.6 Å². The van der Waals surface area contributed by atoms with Gasteiger partial charge in [0.25, 0.3) is 5.91 Å². The van der Waals surface area contributed by atoms with E-state index < -0.39 is 5.91 Å². The van der Waals surface area contributed by atoms with Crippen LogP contribution in [-0.2, 0) is 0 Å². The lowest BCUT2D eigenvalue weighted by atomic mass is 10.2. The molecule has 0 unspecified atom stereocenters. The van der Waals surface area contributed by atoms with Gasteiger partial charge in [-0.15, -0.1) is 0 Å². The van der Waals surface area contributed by atoms with Crippen LogP contribution in [-0.4, -0.2) is 10.9 Å². The number of nitrogens with one attached hydrogen (secondary N) is 2. The van der Waals surface area contributed by atoms with Crippen LogP contribution in [0.3, 0.4) is 0 Å². The van der Waals surface area contributed by atoms with E-state index in [-0.39, 0.29) is 11.5 Å². The third-order valence-corrected chi connectivity index (χ3v) is 3.85. The van der Waals surface area contributed by atoms with Gasteiger partial charge in [0.05, 0.1) is 10.7 Å². The van der Waals surface area contributed by atoms with E-state index in [1.807, 2.05) is 0 Å². The van der Waals surface area contributed by atoms with Crippen molar-refractivity contribution >= 4 is 46.2 Å². The minimum Gasteiger partial charge on any atom is -0.355 e. The number of rotatable bonds is 4. The van der Waals surface area contributed by atoms with Crippen LogP contribution in [0.5, 0.6) is 0 Å². The zero-order valence-electron chi connectivity index (χ0n) is 12.8. The molecule has 2 aromatic carbocycles. The molecule has 0 aliphatic heterocycles. The molecule has 0 spiro atoms. The third-order valence-electron chi connectivity index (χ3n) is 3.28. The van der Waals surface area contributed by atoms with Crippen LogP contribution in [0.15, 0.2) is 60.8 Å². The summed E-state index contributed by atoms with van der Waals surface area (Å²) in [5.74, 6) is -0.792. The average Bonchev–Trinajstić information content (AvgIpc) is 2.58. The Balaban J connectivity index is 1.78. The van der Waals surface area contributed by atoms with Crippen molar-refractivity contribution in [2.45, 2.75) is 0 Å². The molecule has 0 atom stereocenters. The van der Waals surface area contributed by atoms with Crippen molar-refractivity contribution in [1.29, 1.82) is 0 Å². The van der Waals surface area contributed by atoms with Gasteiger partial charge in [-0.2, -0.15) is 0 Å². The minimum atomic E-state index is -0.438. The van der Waals surface area contributed by atoms with Gasteiger partial charge < -0.3 is 10.6 Å². The summed E-state index contributed by atoms with van der Waals surface area (Å²) in [6, 6.07) is 14.0. The Morgan fingerprint density at radius 3 is 2.60 bits per heavy atom. The quantitative estimate of drug-likeness (QED) is 0.630. The van der Waals surface area contributed by atoms with Crippen molar-refractivity contribution in [3.05, 3.63) is 82.4 Å². The first-order valence-corrected chi connectivity index (χ1v) is 8.02. The molecule has 1 aromatic heterocycles. The molecule has 0 saturated heterocycles. The lowest BCUT2D eigenvalue weighted by Gasteiger charge is -2.10. The van der Waals surface area contributed by atoms with Gasteiger partial charge in [0, 0.05) is 22.6 Å². The molecule has 2 N–H and O–H groups in total. The molecule has 0 radical (unpaired) electrons.